The van der Waals surface area contributed by atoms with Gasteiger partial charge >= 0.3 is 0 Å². The summed E-state index contributed by atoms with van der Waals surface area (Å²) in [6.07, 6.45) is 0.881. The van der Waals surface area contributed by atoms with Gasteiger partial charge in [0, 0.05) is 21.5 Å². The number of halogens is 1. The van der Waals surface area contributed by atoms with Gasteiger partial charge in [-0.05, 0) is 75.1 Å². The molecule has 1 heterocycles. The fourth-order valence-corrected chi connectivity index (χ4v) is 4.48. The monoisotopic (exact) mass is 500 g/mol. The van der Waals surface area contributed by atoms with E-state index in [1.165, 1.54) is 11.1 Å². The van der Waals surface area contributed by atoms with E-state index < -0.39 is 0 Å². The maximum atomic E-state index is 13.2. The van der Waals surface area contributed by atoms with Crippen molar-refractivity contribution in [2.24, 2.45) is 0 Å². The molecule has 6 heteroatoms. The van der Waals surface area contributed by atoms with E-state index in [4.69, 9.17) is 9.72 Å². The van der Waals surface area contributed by atoms with Gasteiger partial charge < -0.3 is 9.64 Å². The minimum Gasteiger partial charge on any atom is -0.486 e. The standard InChI is InChI=1S/C25H29BrN2O2S/c1-6-18(4)28(25(29)20-8-7-9-21(26)12-20)13-22-15-31-24(27-22)14-30-23-11-16(2)10-17(3)19(23)5/h7-12,15,18H,6,13-14H2,1-5H3/t18-/m0/s1. The molecular formula is C25H29BrN2O2S. The maximum absolute atomic E-state index is 13.2. The Morgan fingerprint density at radius 2 is 2.00 bits per heavy atom. The third kappa shape index (κ3) is 5.95. The van der Waals surface area contributed by atoms with Crippen LogP contribution in [-0.4, -0.2) is 21.8 Å². The molecule has 0 unspecified atom stereocenters. The first-order valence-electron chi connectivity index (χ1n) is 10.5. The number of nitrogens with zero attached hydrogens (tertiary/aromatic N) is 2. The smallest absolute Gasteiger partial charge is 0.254 e. The molecule has 31 heavy (non-hydrogen) atoms. The van der Waals surface area contributed by atoms with E-state index in [1.807, 2.05) is 34.5 Å². The number of benzene rings is 2. The third-order valence-corrected chi connectivity index (χ3v) is 6.87. The third-order valence-electron chi connectivity index (χ3n) is 5.50. The molecule has 2 aromatic carbocycles. The van der Waals surface area contributed by atoms with Crippen LogP contribution in [0.5, 0.6) is 5.75 Å². The molecule has 0 saturated carbocycles. The normalized spacial score (nSPS) is 11.9. The fourth-order valence-electron chi connectivity index (χ4n) is 3.39. The van der Waals surface area contributed by atoms with Crippen LogP contribution in [0.2, 0.25) is 0 Å². The summed E-state index contributed by atoms with van der Waals surface area (Å²) < 4.78 is 6.96. The van der Waals surface area contributed by atoms with Crippen LogP contribution in [0, 0.1) is 20.8 Å². The van der Waals surface area contributed by atoms with E-state index in [1.54, 1.807) is 11.3 Å². The van der Waals surface area contributed by atoms with Crippen LogP contribution in [-0.2, 0) is 13.2 Å². The van der Waals surface area contributed by atoms with Gasteiger partial charge in [-0.1, -0.05) is 35.0 Å². The predicted molar refractivity (Wildman–Crippen MR) is 131 cm³/mol. The zero-order chi connectivity index (χ0) is 22.5. The minimum absolute atomic E-state index is 0.0207. The second-order valence-corrected chi connectivity index (χ2v) is 9.79. The summed E-state index contributed by atoms with van der Waals surface area (Å²) in [5, 5.41) is 2.93. The molecule has 4 nitrogen and oxygen atoms in total. The lowest BCUT2D eigenvalue weighted by Gasteiger charge is -2.28. The SMILES string of the molecule is CC[C@H](C)N(Cc1csc(COc2cc(C)cc(C)c2C)n1)C(=O)c1cccc(Br)c1. The van der Waals surface area contributed by atoms with Gasteiger partial charge in [0.2, 0.25) is 0 Å². The average Bonchev–Trinajstić information content (AvgIpc) is 3.20. The Bertz CT molecular complexity index is 1060. The van der Waals surface area contributed by atoms with Crippen molar-refractivity contribution in [2.45, 2.75) is 60.2 Å². The first-order chi connectivity index (χ1) is 14.8. The summed E-state index contributed by atoms with van der Waals surface area (Å²) in [6, 6.07) is 11.9. The molecule has 0 spiro atoms. The van der Waals surface area contributed by atoms with Crippen molar-refractivity contribution < 1.29 is 9.53 Å². The van der Waals surface area contributed by atoms with Gasteiger partial charge in [-0.25, -0.2) is 4.98 Å². The number of carbonyl (C=O) groups is 1. The van der Waals surface area contributed by atoms with Crippen LogP contribution in [0.4, 0.5) is 0 Å². The quantitative estimate of drug-likeness (QED) is 0.339. The maximum Gasteiger partial charge on any atom is 0.254 e. The van der Waals surface area contributed by atoms with Crippen LogP contribution in [0.3, 0.4) is 0 Å². The summed E-state index contributed by atoms with van der Waals surface area (Å²) in [4.78, 5) is 19.8. The minimum atomic E-state index is 0.0207. The highest BCUT2D eigenvalue weighted by atomic mass is 79.9. The van der Waals surface area contributed by atoms with E-state index in [0.717, 1.165) is 32.9 Å². The van der Waals surface area contributed by atoms with E-state index >= 15 is 0 Å². The summed E-state index contributed by atoms with van der Waals surface area (Å²) in [6.45, 7) is 11.3. The Labute approximate surface area is 197 Å². The molecule has 0 N–H and O–H groups in total. The van der Waals surface area contributed by atoms with Gasteiger partial charge in [0.1, 0.15) is 17.4 Å². The molecule has 0 fully saturated rings. The topological polar surface area (TPSA) is 42.4 Å². The van der Waals surface area contributed by atoms with E-state index in [0.29, 0.717) is 18.7 Å². The number of ether oxygens (including phenoxy) is 1. The van der Waals surface area contributed by atoms with E-state index in [9.17, 15) is 4.79 Å². The van der Waals surface area contributed by atoms with Crippen molar-refractivity contribution in [1.82, 2.24) is 9.88 Å². The zero-order valence-electron chi connectivity index (χ0n) is 18.7. The molecule has 0 bridgehead atoms. The van der Waals surface area contributed by atoms with Crippen molar-refractivity contribution in [2.75, 3.05) is 0 Å². The number of hydrogen-bond acceptors (Lipinski definition) is 4. The van der Waals surface area contributed by atoms with E-state index in [2.05, 4.69) is 62.7 Å². The molecule has 0 radical (unpaired) electrons. The number of rotatable bonds is 8. The molecule has 0 aliphatic heterocycles. The van der Waals surface area contributed by atoms with Gasteiger partial charge in [0.05, 0.1) is 12.2 Å². The molecule has 0 saturated heterocycles. The number of aryl methyl sites for hydroxylation is 2. The zero-order valence-corrected chi connectivity index (χ0v) is 21.1. The molecule has 1 amide bonds. The molecule has 1 aromatic heterocycles. The largest absolute Gasteiger partial charge is 0.486 e. The van der Waals surface area contributed by atoms with Crippen molar-refractivity contribution in [3.63, 3.8) is 0 Å². The van der Waals surface area contributed by atoms with Crippen LogP contribution in [0.15, 0.2) is 46.3 Å². The molecule has 3 rings (SSSR count). The Kier molecular flexibility index (Phi) is 7.89. The lowest BCUT2D eigenvalue weighted by Crippen LogP contribution is -2.37. The lowest BCUT2D eigenvalue weighted by molar-refractivity contribution is 0.0669. The van der Waals surface area contributed by atoms with Crippen molar-refractivity contribution in [3.8, 4) is 5.75 Å². The first-order valence-corrected chi connectivity index (χ1v) is 12.2. The van der Waals surface area contributed by atoms with Gasteiger partial charge in [-0.15, -0.1) is 11.3 Å². The average molecular weight is 501 g/mol. The van der Waals surface area contributed by atoms with Crippen molar-refractivity contribution in [3.05, 3.63) is 79.2 Å². The number of amides is 1. The molecule has 3 aromatic rings. The van der Waals surface area contributed by atoms with Crippen molar-refractivity contribution in [1.29, 1.82) is 0 Å². The summed E-state index contributed by atoms with van der Waals surface area (Å²) >= 11 is 5.03. The number of thiazole rings is 1. The van der Waals surface area contributed by atoms with Gasteiger partial charge in [0.25, 0.3) is 5.91 Å². The highest BCUT2D eigenvalue weighted by Gasteiger charge is 2.22. The highest BCUT2D eigenvalue weighted by molar-refractivity contribution is 9.10. The molecule has 164 valence electrons. The Balaban J connectivity index is 1.72. The molecular weight excluding hydrogens is 472 g/mol. The Hall–Kier alpha value is -2.18. The number of hydrogen-bond donors (Lipinski definition) is 0. The predicted octanol–water partition coefficient (Wildman–Crippen LogP) is 6.85. The van der Waals surface area contributed by atoms with E-state index in [-0.39, 0.29) is 11.9 Å². The summed E-state index contributed by atoms with van der Waals surface area (Å²) in [5.41, 5.74) is 5.14. The van der Waals surface area contributed by atoms with Gasteiger partial charge in [-0.3, -0.25) is 4.79 Å². The number of aromatic nitrogens is 1. The molecule has 0 aliphatic carbocycles. The van der Waals surface area contributed by atoms with Crippen LogP contribution in [0.1, 0.15) is 58.0 Å². The fraction of sp³-hybridized carbons (Fsp3) is 0.360. The molecule has 1 atom stereocenters. The molecule has 0 aliphatic rings. The lowest BCUT2D eigenvalue weighted by atomic mass is 10.1. The van der Waals surface area contributed by atoms with Gasteiger partial charge in [0.15, 0.2) is 0 Å². The summed E-state index contributed by atoms with van der Waals surface area (Å²) in [7, 11) is 0. The van der Waals surface area contributed by atoms with Crippen LogP contribution >= 0.6 is 27.3 Å². The van der Waals surface area contributed by atoms with Crippen LogP contribution in [0.25, 0.3) is 0 Å². The second-order valence-electron chi connectivity index (χ2n) is 7.93. The Morgan fingerprint density at radius 1 is 1.23 bits per heavy atom. The van der Waals surface area contributed by atoms with Crippen molar-refractivity contribution >= 4 is 33.2 Å². The Morgan fingerprint density at radius 3 is 2.71 bits per heavy atom. The number of carbonyl (C=O) groups excluding carboxylic acids is 1. The highest BCUT2D eigenvalue weighted by Crippen LogP contribution is 2.25. The summed E-state index contributed by atoms with van der Waals surface area (Å²) in [5.74, 6) is 0.924. The first kappa shape index (κ1) is 23.5. The van der Waals surface area contributed by atoms with Gasteiger partial charge in [-0.2, -0.15) is 0 Å². The van der Waals surface area contributed by atoms with Crippen LogP contribution < -0.4 is 4.74 Å². The second kappa shape index (κ2) is 10.4.